The number of hydrogen-bond acceptors (Lipinski definition) is 5. The number of aryl methyl sites for hydroxylation is 1. The average molecular weight is 392 g/mol. The number of anilines is 1. The number of carbonyl (C=O) groups is 2. The first-order chi connectivity index (χ1) is 13.9. The molecular weight excluding hydrogens is 368 g/mol. The average Bonchev–Trinajstić information content (AvgIpc) is 3.22. The van der Waals surface area contributed by atoms with Crippen molar-refractivity contribution in [1.82, 2.24) is 25.5 Å². The van der Waals surface area contributed by atoms with Gasteiger partial charge < -0.3 is 10.6 Å². The molecule has 0 spiro atoms. The summed E-state index contributed by atoms with van der Waals surface area (Å²) in [6, 6.07) is 14.3. The lowest BCUT2D eigenvalue weighted by molar-refractivity contribution is -0.127. The van der Waals surface area contributed by atoms with Crippen molar-refractivity contribution in [3.63, 3.8) is 0 Å². The first-order valence-electron chi connectivity index (χ1n) is 9.42. The molecule has 1 aromatic heterocycles. The summed E-state index contributed by atoms with van der Waals surface area (Å²) in [6.07, 6.45) is 1.72. The van der Waals surface area contributed by atoms with Crippen LogP contribution in [0.3, 0.4) is 0 Å². The Bertz CT molecular complexity index is 970. The highest BCUT2D eigenvalue weighted by Gasteiger charge is 2.24. The molecule has 2 N–H and O–H groups in total. The highest BCUT2D eigenvalue weighted by molar-refractivity contribution is 5.97. The molecule has 0 saturated heterocycles. The molecule has 0 radical (unpaired) electrons. The molecule has 1 unspecified atom stereocenters. The molecule has 0 fully saturated rings. The van der Waals surface area contributed by atoms with Crippen molar-refractivity contribution in [2.75, 3.05) is 5.32 Å². The number of aromatic nitrogens is 4. The van der Waals surface area contributed by atoms with E-state index in [0.29, 0.717) is 5.69 Å². The van der Waals surface area contributed by atoms with Crippen LogP contribution < -0.4 is 10.6 Å². The molecule has 2 amide bonds. The summed E-state index contributed by atoms with van der Waals surface area (Å²) in [5.41, 5.74) is 3.24. The van der Waals surface area contributed by atoms with E-state index in [1.165, 1.54) is 11.0 Å². The molecule has 8 heteroatoms. The Kier molecular flexibility index (Phi) is 6.33. The third-order valence-electron chi connectivity index (χ3n) is 4.55. The highest BCUT2D eigenvalue weighted by atomic mass is 16.2. The molecule has 2 aromatic carbocycles. The van der Waals surface area contributed by atoms with E-state index in [2.05, 4.69) is 26.2 Å². The van der Waals surface area contributed by atoms with Gasteiger partial charge in [-0.25, -0.2) is 4.68 Å². The number of benzene rings is 2. The summed E-state index contributed by atoms with van der Waals surface area (Å²) in [5, 5.41) is 16.9. The quantitative estimate of drug-likeness (QED) is 0.642. The van der Waals surface area contributed by atoms with Crippen molar-refractivity contribution in [2.24, 2.45) is 5.92 Å². The zero-order valence-corrected chi connectivity index (χ0v) is 16.7. The maximum absolute atomic E-state index is 12.9. The molecule has 0 bridgehead atoms. The molecule has 1 heterocycles. The number of nitrogens with zero attached hydrogens (tertiary/aromatic N) is 4. The molecule has 0 aliphatic rings. The van der Waals surface area contributed by atoms with Gasteiger partial charge in [0.25, 0.3) is 0 Å². The van der Waals surface area contributed by atoms with Gasteiger partial charge in [0.15, 0.2) is 0 Å². The largest absolute Gasteiger partial charge is 0.344 e. The number of nitrogens with one attached hydrogen (secondary N) is 2. The van der Waals surface area contributed by atoms with Crippen molar-refractivity contribution in [3.05, 3.63) is 66.0 Å². The maximum atomic E-state index is 12.9. The fraction of sp³-hybridized carbons (Fsp3) is 0.286. The highest BCUT2D eigenvalue weighted by Crippen LogP contribution is 2.19. The van der Waals surface area contributed by atoms with Crippen LogP contribution in [-0.4, -0.2) is 38.1 Å². The van der Waals surface area contributed by atoms with E-state index in [1.807, 2.05) is 63.2 Å². The third-order valence-corrected chi connectivity index (χ3v) is 4.55. The number of tetrazole rings is 1. The van der Waals surface area contributed by atoms with Crippen LogP contribution in [0, 0.1) is 12.8 Å². The van der Waals surface area contributed by atoms with Crippen LogP contribution in [0.2, 0.25) is 0 Å². The Hall–Kier alpha value is -3.55. The predicted octanol–water partition coefficient (Wildman–Crippen LogP) is 2.29. The summed E-state index contributed by atoms with van der Waals surface area (Å²) in [6.45, 7) is 5.73. The van der Waals surface area contributed by atoms with Crippen molar-refractivity contribution >= 4 is 17.5 Å². The molecule has 8 nitrogen and oxygen atoms in total. The Morgan fingerprint density at radius 1 is 1.10 bits per heavy atom. The first kappa shape index (κ1) is 20.2. The minimum Gasteiger partial charge on any atom is -0.344 e. The van der Waals surface area contributed by atoms with Gasteiger partial charge in [0, 0.05) is 5.69 Å². The van der Waals surface area contributed by atoms with Crippen LogP contribution in [-0.2, 0) is 16.0 Å². The summed E-state index contributed by atoms with van der Waals surface area (Å²) in [7, 11) is 0. The summed E-state index contributed by atoms with van der Waals surface area (Å²) in [5.74, 6) is -0.532. The van der Waals surface area contributed by atoms with Gasteiger partial charge in [0.2, 0.25) is 11.8 Å². The normalized spacial score (nSPS) is 11.9. The van der Waals surface area contributed by atoms with Gasteiger partial charge >= 0.3 is 0 Å². The van der Waals surface area contributed by atoms with Gasteiger partial charge in [-0.2, -0.15) is 0 Å². The van der Waals surface area contributed by atoms with Crippen LogP contribution in [0.4, 0.5) is 5.69 Å². The zero-order chi connectivity index (χ0) is 20.8. The third kappa shape index (κ3) is 5.25. The standard InChI is InChI=1S/C21H24N6O2/c1-14(2)20(24-19(28)11-16-7-5-4-6-8-16)21(29)23-17-10-9-15(3)18(12-17)27-13-22-25-26-27/h4-10,12-14,20H,11H2,1-3H3,(H,23,29)(H,24,28). The van der Waals surface area contributed by atoms with Gasteiger partial charge in [-0.1, -0.05) is 50.2 Å². The van der Waals surface area contributed by atoms with Crippen LogP contribution in [0.25, 0.3) is 5.69 Å². The monoisotopic (exact) mass is 392 g/mol. The van der Waals surface area contributed by atoms with E-state index in [0.717, 1.165) is 16.8 Å². The fourth-order valence-electron chi connectivity index (χ4n) is 2.97. The number of hydrogen-bond donors (Lipinski definition) is 2. The topological polar surface area (TPSA) is 102 Å². The molecule has 0 saturated carbocycles. The van der Waals surface area contributed by atoms with Crippen molar-refractivity contribution < 1.29 is 9.59 Å². The molecule has 0 aliphatic carbocycles. The lowest BCUT2D eigenvalue weighted by Gasteiger charge is -2.22. The fourth-order valence-corrected chi connectivity index (χ4v) is 2.97. The smallest absolute Gasteiger partial charge is 0.247 e. The van der Waals surface area contributed by atoms with E-state index in [1.54, 1.807) is 6.07 Å². The molecule has 1 atom stereocenters. The summed E-state index contributed by atoms with van der Waals surface area (Å²) >= 11 is 0. The second-order valence-electron chi connectivity index (χ2n) is 7.20. The van der Waals surface area contributed by atoms with Crippen LogP contribution in [0.15, 0.2) is 54.9 Å². The van der Waals surface area contributed by atoms with E-state index >= 15 is 0 Å². The van der Waals surface area contributed by atoms with Crippen LogP contribution in [0.1, 0.15) is 25.0 Å². The van der Waals surface area contributed by atoms with E-state index < -0.39 is 6.04 Å². The second kappa shape index (κ2) is 9.09. The van der Waals surface area contributed by atoms with Gasteiger partial charge in [-0.3, -0.25) is 9.59 Å². The second-order valence-corrected chi connectivity index (χ2v) is 7.20. The number of carbonyl (C=O) groups excluding carboxylic acids is 2. The predicted molar refractivity (Wildman–Crippen MR) is 109 cm³/mol. The van der Waals surface area contributed by atoms with E-state index in [4.69, 9.17) is 0 Å². The Labute approximate surface area is 169 Å². The maximum Gasteiger partial charge on any atom is 0.247 e. The van der Waals surface area contributed by atoms with E-state index in [-0.39, 0.29) is 24.2 Å². The van der Waals surface area contributed by atoms with Gasteiger partial charge in [-0.05, 0) is 46.5 Å². The molecular formula is C21H24N6O2. The molecule has 3 aromatic rings. The van der Waals surface area contributed by atoms with Gasteiger partial charge in [-0.15, -0.1) is 5.10 Å². The van der Waals surface area contributed by atoms with Crippen LogP contribution >= 0.6 is 0 Å². The van der Waals surface area contributed by atoms with Gasteiger partial charge in [0.05, 0.1) is 12.1 Å². The lowest BCUT2D eigenvalue weighted by atomic mass is 10.0. The van der Waals surface area contributed by atoms with Crippen molar-refractivity contribution in [1.29, 1.82) is 0 Å². The molecule has 150 valence electrons. The molecule has 0 aliphatic heterocycles. The Morgan fingerprint density at radius 2 is 1.86 bits per heavy atom. The van der Waals surface area contributed by atoms with Gasteiger partial charge in [0.1, 0.15) is 12.4 Å². The number of rotatable bonds is 7. The minimum absolute atomic E-state index is 0.0702. The Balaban J connectivity index is 1.70. The number of amides is 2. The molecule has 3 rings (SSSR count). The van der Waals surface area contributed by atoms with Crippen molar-refractivity contribution in [2.45, 2.75) is 33.2 Å². The Morgan fingerprint density at radius 3 is 2.52 bits per heavy atom. The SMILES string of the molecule is Cc1ccc(NC(=O)C(NC(=O)Cc2ccccc2)C(C)C)cc1-n1cnnn1. The van der Waals surface area contributed by atoms with E-state index in [9.17, 15) is 9.59 Å². The van der Waals surface area contributed by atoms with Crippen LogP contribution in [0.5, 0.6) is 0 Å². The lowest BCUT2D eigenvalue weighted by Crippen LogP contribution is -2.47. The first-order valence-corrected chi connectivity index (χ1v) is 9.42. The molecule has 29 heavy (non-hydrogen) atoms. The van der Waals surface area contributed by atoms with Crippen molar-refractivity contribution in [3.8, 4) is 5.69 Å². The summed E-state index contributed by atoms with van der Waals surface area (Å²) < 4.78 is 1.53. The zero-order valence-electron chi connectivity index (χ0n) is 16.7. The summed E-state index contributed by atoms with van der Waals surface area (Å²) in [4.78, 5) is 25.3. The minimum atomic E-state index is -0.649.